The third-order valence-electron chi connectivity index (χ3n) is 2.19. The molecule has 84 valence electrons. The van der Waals surface area contributed by atoms with Gasteiger partial charge < -0.3 is 10.0 Å². The Labute approximate surface area is 100 Å². The van der Waals surface area contributed by atoms with E-state index in [1.807, 2.05) is 0 Å². The molecule has 16 heavy (non-hydrogen) atoms. The molecule has 6 heteroatoms. The molecule has 2 aromatic rings. The van der Waals surface area contributed by atoms with E-state index in [-0.39, 0.29) is 11.7 Å². The maximum Gasteiger partial charge on any atom is 0.257 e. The highest BCUT2D eigenvalue weighted by Crippen LogP contribution is 2.26. The zero-order chi connectivity index (χ0) is 11.9. The summed E-state index contributed by atoms with van der Waals surface area (Å²) in [4.78, 5) is 13.2. The molecule has 0 bridgehead atoms. The molecule has 0 unspecified atom stereocenters. The zero-order valence-corrected chi connectivity index (χ0v) is 10.4. The van der Waals surface area contributed by atoms with E-state index in [4.69, 9.17) is 0 Å². The molecule has 0 saturated carbocycles. The minimum absolute atomic E-state index is 0.0251. The maximum atomic E-state index is 11.8. The van der Waals surface area contributed by atoms with Gasteiger partial charge in [0.25, 0.3) is 5.91 Å². The number of halogens is 1. The Hall–Kier alpha value is -1.56. The lowest BCUT2D eigenvalue weighted by molar-refractivity contribution is 0.0829. The lowest BCUT2D eigenvalue weighted by atomic mass is 10.2. The highest BCUT2D eigenvalue weighted by atomic mass is 79.9. The first kappa shape index (κ1) is 10.9. The number of carbonyl (C=O) groups is 1. The van der Waals surface area contributed by atoms with Gasteiger partial charge >= 0.3 is 0 Å². The van der Waals surface area contributed by atoms with E-state index in [2.05, 4.69) is 21.0 Å². The molecule has 2 aromatic heterocycles. The van der Waals surface area contributed by atoms with E-state index in [1.54, 1.807) is 20.3 Å². The van der Waals surface area contributed by atoms with Crippen LogP contribution < -0.4 is 0 Å². The van der Waals surface area contributed by atoms with Crippen molar-refractivity contribution in [1.82, 2.24) is 14.5 Å². The molecule has 0 aliphatic heterocycles. The third kappa shape index (κ3) is 1.65. The normalized spacial score (nSPS) is 10.7. The molecule has 1 N–H and O–H groups in total. The number of hydrogen-bond acceptors (Lipinski definition) is 3. The van der Waals surface area contributed by atoms with Gasteiger partial charge in [-0.3, -0.25) is 4.79 Å². The molecule has 5 nitrogen and oxygen atoms in total. The first-order chi connectivity index (χ1) is 7.50. The quantitative estimate of drug-likeness (QED) is 0.863. The van der Waals surface area contributed by atoms with Crippen LogP contribution in [0.15, 0.2) is 22.9 Å². The third-order valence-corrected chi connectivity index (χ3v) is 2.63. The Morgan fingerprint density at radius 2 is 2.25 bits per heavy atom. The van der Waals surface area contributed by atoms with E-state index >= 15 is 0 Å². The van der Waals surface area contributed by atoms with Crippen LogP contribution in [-0.4, -0.2) is 39.6 Å². The first-order valence-electron chi connectivity index (χ1n) is 4.58. The van der Waals surface area contributed by atoms with Crippen LogP contribution in [0.1, 0.15) is 10.4 Å². The minimum atomic E-state index is -0.187. The van der Waals surface area contributed by atoms with Gasteiger partial charge in [-0.05, 0) is 22.0 Å². The zero-order valence-electron chi connectivity index (χ0n) is 8.81. The van der Waals surface area contributed by atoms with E-state index in [0.717, 1.165) is 0 Å². The summed E-state index contributed by atoms with van der Waals surface area (Å²) in [6.07, 6.45) is 3.13. The van der Waals surface area contributed by atoms with Crippen molar-refractivity contribution in [1.29, 1.82) is 0 Å². The molecule has 0 aromatic carbocycles. The number of carbonyl (C=O) groups excluding carboxylic acids is 1. The molecule has 0 atom stereocenters. The summed E-state index contributed by atoms with van der Waals surface area (Å²) in [5.74, 6) is -0.162. The summed E-state index contributed by atoms with van der Waals surface area (Å²) in [5, 5.41) is 13.8. The van der Waals surface area contributed by atoms with Gasteiger partial charge in [-0.15, -0.1) is 0 Å². The highest BCUT2D eigenvalue weighted by Gasteiger charge is 2.17. The van der Waals surface area contributed by atoms with Gasteiger partial charge in [0.15, 0.2) is 0 Å². The van der Waals surface area contributed by atoms with E-state index < -0.39 is 0 Å². The molecule has 1 amide bonds. The van der Waals surface area contributed by atoms with Crippen molar-refractivity contribution >= 4 is 27.4 Å². The Balaban J connectivity index is 2.69. The Morgan fingerprint density at radius 3 is 2.88 bits per heavy atom. The lowest BCUT2D eigenvalue weighted by Crippen LogP contribution is -2.21. The number of rotatable bonds is 1. The Morgan fingerprint density at radius 1 is 1.56 bits per heavy atom. The average molecular weight is 284 g/mol. The Kier molecular flexibility index (Phi) is 2.59. The number of aromatic nitrogens is 2. The molecule has 0 aliphatic carbocycles. The summed E-state index contributed by atoms with van der Waals surface area (Å²) < 4.78 is 2.17. The smallest absolute Gasteiger partial charge is 0.257 e. The number of aromatic hydroxyl groups is 1. The molecule has 0 aliphatic rings. The predicted molar refractivity (Wildman–Crippen MR) is 62.6 cm³/mol. The molecule has 2 rings (SSSR count). The SMILES string of the molecule is CN(C)C(=O)c1cnn2cc(Br)cc(O)c12. The molecule has 0 saturated heterocycles. The lowest BCUT2D eigenvalue weighted by Gasteiger charge is -2.09. The molecule has 0 fully saturated rings. The second-order valence-electron chi connectivity index (χ2n) is 3.59. The first-order valence-corrected chi connectivity index (χ1v) is 5.37. The van der Waals surface area contributed by atoms with Crippen molar-refractivity contribution in [2.75, 3.05) is 14.1 Å². The average Bonchev–Trinajstić information content (AvgIpc) is 2.59. The van der Waals surface area contributed by atoms with Crippen molar-refractivity contribution in [3.05, 3.63) is 28.5 Å². The largest absolute Gasteiger partial charge is 0.506 e. The van der Waals surface area contributed by atoms with Crippen LogP contribution in [0.25, 0.3) is 5.52 Å². The second kappa shape index (κ2) is 3.79. The van der Waals surface area contributed by atoms with Crippen molar-refractivity contribution in [3.8, 4) is 5.75 Å². The van der Waals surface area contributed by atoms with Gasteiger partial charge in [0.1, 0.15) is 11.3 Å². The van der Waals surface area contributed by atoms with Crippen molar-refractivity contribution in [3.63, 3.8) is 0 Å². The van der Waals surface area contributed by atoms with Crippen LogP contribution in [0.3, 0.4) is 0 Å². The molecular weight excluding hydrogens is 274 g/mol. The van der Waals surface area contributed by atoms with Crippen molar-refractivity contribution in [2.45, 2.75) is 0 Å². The standard InChI is InChI=1S/C10H10BrN3O2/c1-13(2)10(16)7-4-12-14-5-6(11)3-8(15)9(7)14/h3-5,15H,1-2H3. The van der Waals surface area contributed by atoms with Crippen molar-refractivity contribution in [2.24, 2.45) is 0 Å². The van der Waals surface area contributed by atoms with Crippen LogP contribution in [0.2, 0.25) is 0 Å². The summed E-state index contributed by atoms with van der Waals surface area (Å²) in [6.45, 7) is 0. The number of fused-ring (bicyclic) bond motifs is 1. The van der Waals surface area contributed by atoms with E-state index in [9.17, 15) is 9.90 Å². The summed E-state index contributed by atoms with van der Waals surface area (Å²) in [5.41, 5.74) is 0.803. The summed E-state index contributed by atoms with van der Waals surface area (Å²) in [6, 6.07) is 1.53. The fraction of sp³-hybridized carbons (Fsp3) is 0.200. The van der Waals surface area contributed by atoms with Gasteiger partial charge in [0.05, 0.1) is 11.8 Å². The van der Waals surface area contributed by atoms with Crippen LogP contribution >= 0.6 is 15.9 Å². The maximum absolute atomic E-state index is 11.8. The Bertz CT molecular complexity index is 562. The highest BCUT2D eigenvalue weighted by molar-refractivity contribution is 9.10. The second-order valence-corrected chi connectivity index (χ2v) is 4.51. The van der Waals surface area contributed by atoms with Crippen LogP contribution in [0.4, 0.5) is 0 Å². The van der Waals surface area contributed by atoms with Crippen LogP contribution in [0.5, 0.6) is 5.75 Å². The van der Waals surface area contributed by atoms with Gasteiger partial charge in [-0.25, -0.2) is 4.52 Å². The van der Waals surface area contributed by atoms with Crippen LogP contribution in [-0.2, 0) is 0 Å². The summed E-state index contributed by atoms with van der Waals surface area (Å²) >= 11 is 3.24. The molecule has 0 radical (unpaired) electrons. The fourth-order valence-electron chi connectivity index (χ4n) is 1.47. The van der Waals surface area contributed by atoms with E-state index in [1.165, 1.54) is 21.7 Å². The predicted octanol–water partition coefficient (Wildman–Crippen LogP) is 1.50. The van der Waals surface area contributed by atoms with Crippen LogP contribution in [0, 0.1) is 0 Å². The van der Waals surface area contributed by atoms with Gasteiger partial charge in [0.2, 0.25) is 0 Å². The number of nitrogens with zero attached hydrogens (tertiary/aromatic N) is 3. The fourth-order valence-corrected chi connectivity index (χ4v) is 1.88. The number of amides is 1. The topological polar surface area (TPSA) is 57.8 Å². The van der Waals surface area contributed by atoms with Gasteiger partial charge in [-0.2, -0.15) is 5.10 Å². The van der Waals surface area contributed by atoms with Gasteiger partial charge in [0, 0.05) is 24.8 Å². The number of hydrogen-bond donors (Lipinski definition) is 1. The molecular formula is C10H10BrN3O2. The van der Waals surface area contributed by atoms with E-state index in [0.29, 0.717) is 15.6 Å². The van der Waals surface area contributed by atoms with Gasteiger partial charge in [-0.1, -0.05) is 0 Å². The van der Waals surface area contributed by atoms with Crippen molar-refractivity contribution < 1.29 is 9.90 Å². The number of pyridine rings is 1. The summed E-state index contributed by atoms with van der Waals surface area (Å²) in [7, 11) is 3.31. The molecule has 2 heterocycles. The molecule has 0 spiro atoms. The monoisotopic (exact) mass is 283 g/mol. The minimum Gasteiger partial charge on any atom is -0.506 e.